The Balaban J connectivity index is 2.17. The minimum Gasteiger partial charge on any atom is -0.337 e. The Labute approximate surface area is 226 Å². The molecule has 3 rings (SSSR count). The van der Waals surface area contributed by atoms with Gasteiger partial charge in [-0.15, -0.1) is 0 Å². The second-order valence-electron chi connectivity index (χ2n) is 10.6. The molecule has 0 aliphatic carbocycles. The third-order valence-electron chi connectivity index (χ3n) is 5.97. The fourth-order valence-electron chi connectivity index (χ4n) is 4.16. The monoisotopic (exact) mass is 538 g/mol. The highest BCUT2D eigenvalue weighted by atomic mass is 32.2. The van der Waals surface area contributed by atoms with E-state index in [9.17, 15) is 18.0 Å². The van der Waals surface area contributed by atoms with Gasteiger partial charge in [-0.2, -0.15) is 12.7 Å². The summed E-state index contributed by atoms with van der Waals surface area (Å²) in [6, 6.07) is 14.2. The Morgan fingerprint density at radius 3 is 2.08 bits per heavy atom. The summed E-state index contributed by atoms with van der Waals surface area (Å²) in [6.45, 7) is 11.1. The summed E-state index contributed by atoms with van der Waals surface area (Å²) >= 11 is 0. The van der Waals surface area contributed by atoms with Crippen molar-refractivity contribution in [2.24, 2.45) is 11.8 Å². The molecule has 8 nitrogen and oxygen atoms in total. The van der Waals surface area contributed by atoms with Gasteiger partial charge in [-0.25, -0.2) is 3.97 Å². The molecule has 2 aromatic carbocycles. The van der Waals surface area contributed by atoms with Crippen LogP contribution in [0.4, 0.5) is 0 Å². The quantitative estimate of drug-likeness (QED) is 0.385. The zero-order valence-corrected chi connectivity index (χ0v) is 24.0. The van der Waals surface area contributed by atoms with Crippen LogP contribution < -0.4 is 5.32 Å². The van der Waals surface area contributed by atoms with Crippen molar-refractivity contribution in [3.63, 3.8) is 0 Å². The molecule has 1 N–H and O–H groups in total. The van der Waals surface area contributed by atoms with Gasteiger partial charge in [0.2, 0.25) is 0 Å². The van der Waals surface area contributed by atoms with E-state index in [2.05, 4.69) is 5.32 Å². The predicted molar refractivity (Wildman–Crippen MR) is 153 cm³/mol. The summed E-state index contributed by atoms with van der Waals surface area (Å²) in [5.74, 6) is -0.291. The van der Waals surface area contributed by atoms with Crippen LogP contribution in [0.1, 0.15) is 49.2 Å². The number of hydrogen-bond donors (Lipinski definition) is 1. The number of fused-ring (bicyclic) bond motifs is 1. The topological polar surface area (TPSA) is 91.7 Å². The van der Waals surface area contributed by atoms with Crippen LogP contribution in [0.3, 0.4) is 0 Å². The first-order chi connectivity index (χ1) is 17.8. The highest BCUT2D eigenvalue weighted by Gasteiger charge is 2.25. The number of para-hydroxylation sites is 1. The van der Waals surface area contributed by atoms with E-state index in [4.69, 9.17) is 0 Å². The first-order valence-corrected chi connectivity index (χ1v) is 14.1. The van der Waals surface area contributed by atoms with Crippen molar-refractivity contribution in [1.82, 2.24) is 18.5 Å². The lowest BCUT2D eigenvalue weighted by atomic mass is 10.1. The molecule has 2 amide bonds. The summed E-state index contributed by atoms with van der Waals surface area (Å²) < 4.78 is 28.4. The Bertz CT molecular complexity index is 1420. The number of benzene rings is 2. The zero-order chi connectivity index (χ0) is 28.2. The van der Waals surface area contributed by atoms with Crippen LogP contribution >= 0.6 is 0 Å². The molecule has 1 aromatic heterocycles. The molecule has 3 aromatic rings. The van der Waals surface area contributed by atoms with E-state index in [-0.39, 0.29) is 23.4 Å². The number of aromatic nitrogens is 1. The second-order valence-corrected chi connectivity index (χ2v) is 12.6. The minimum atomic E-state index is -3.82. The molecule has 0 aliphatic heterocycles. The summed E-state index contributed by atoms with van der Waals surface area (Å²) in [4.78, 5) is 28.9. The number of hydrogen-bond acceptors (Lipinski definition) is 4. The Kier molecular flexibility index (Phi) is 9.17. The van der Waals surface area contributed by atoms with Crippen molar-refractivity contribution < 1.29 is 18.0 Å². The van der Waals surface area contributed by atoms with Crippen LogP contribution in [0.5, 0.6) is 0 Å². The maximum atomic E-state index is 13.9. The number of amides is 2. The molecular formula is C29H38N4O4S. The van der Waals surface area contributed by atoms with Gasteiger partial charge in [0.05, 0.1) is 5.52 Å². The van der Waals surface area contributed by atoms with Gasteiger partial charge in [-0.3, -0.25) is 9.59 Å². The Morgan fingerprint density at radius 1 is 0.947 bits per heavy atom. The number of nitrogens with zero attached hydrogens (tertiary/aromatic N) is 3. The largest absolute Gasteiger partial charge is 0.337 e. The van der Waals surface area contributed by atoms with Crippen molar-refractivity contribution in [3.8, 4) is 0 Å². The molecule has 0 saturated heterocycles. The van der Waals surface area contributed by atoms with Gasteiger partial charge in [0.1, 0.15) is 5.70 Å². The van der Waals surface area contributed by atoms with Crippen molar-refractivity contribution in [2.45, 2.75) is 34.6 Å². The fourth-order valence-corrected chi connectivity index (χ4v) is 5.16. The van der Waals surface area contributed by atoms with Crippen molar-refractivity contribution in [1.29, 1.82) is 0 Å². The number of carbonyl (C=O) groups is 2. The SMILES string of the molecule is Cc1ccc(C(=O)NC(=Cc2cn(S(=O)(=O)N(C)C)c3ccccc23)C(=O)N(CC(C)C)CC(C)C)cc1. The molecule has 0 unspecified atom stereocenters. The average Bonchev–Trinajstić information content (AvgIpc) is 3.21. The standard InChI is InChI=1S/C29H38N4O4S/c1-20(2)17-32(18-21(3)4)29(35)26(30-28(34)23-14-12-22(5)13-15-23)16-24-19-33(38(36,37)31(6)7)27-11-9-8-10-25(24)27/h8-16,19-21H,17-18H2,1-7H3,(H,30,34). The maximum absolute atomic E-state index is 13.9. The first-order valence-electron chi connectivity index (χ1n) is 12.7. The van der Waals surface area contributed by atoms with E-state index in [1.54, 1.807) is 41.3 Å². The Morgan fingerprint density at radius 2 is 1.53 bits per heavy atom. The molecule has 0 radical (unpaired) electrons. The molecular weight excluding hydrogens is 500 g/mol. The molecule has 204 valence electrons. The number of carbonyl (C=O) groups excluding carboxylic acids is 2. The molecule has 1 heterocycles. The summed E-state index contributed by atoms with van der Waals surface area (Å²) in [7, 11) is -0.890. The highest BCUT2D eigenvalue weighted by Crippen LogP contribution is 2.26. The summed E-state index contributed by atoms with van der Waals surface area (Å²) in [5.41, 5.74) is 2.51. The zero-order valence-electron chi connectivity index (χ0n) is 23.2. The van der Waals surface area contributed by atoms with E-state index in [1.807, 2.05) is 52.8 Å². The van der Waals surface area contributed by atoms with Gasteiger partial charge in [-0.05, 0) is 43.0 Å². The summed E-state index contributed by atoms with van der Waals surface area (Å²) in [5, 5.41) is 3.47. The normalized spacial score (nSPS) is 12.5. The van der Waals surface area contributed by atoms with E-state index in [0.717, 1.165) is 9.87 Å². The molecule has 0 aliphatic rings. The van der Waals surface area contributed by atoms with Gasteiger partial charge in [0.25, 0.3) is 11.8 Å². The molecule has 0 bridgehead atoms. The van der Waals surface area contributed by atoms with Crippen molar-refractivity contribution >= 4 is 39.0 Å². The number of nitrogens with one attached hydrogen (secondary N) is 1. The van der Waals surface area contributed by atoms with Crippen LogP contribution in [-0.4, -0.2) is 60.6 Å². The van der Waals surface area contributed by atoms with Crippen LogP contribution in [-0.2, 0) is 15.0 Å². The van der Waals surface area contributed by atoms with Crippen molar-refractivity contribution in [2.75, 3.05) is 27.2 Å². The lowest BCUT2D eigenvalue weighted by Crippen LogP contribution is -2.42. The maximum Gasteiger partial charge on any atom is 0.307 e. The van der Waals surface area contributed by atoms with Gasteiger partial charge >= 0.3 is 10.2 Å². The number of aryl methyl sites for hydroxylation is 1. The third kappa shape index (κ3) is 6.71. The van der Waals surface area contributed by atoms with Gasteiger partial charge in [0.15, 0.2) is 0 Å². The van der Waals surface area contributed by atoms with Crippen LogP contribution in [0, 0.1) is 18.8 Å². The minimum absolute atomic E-state index is 0.0852. The van der Waals surface area contributed by atoms with Crippen molar-refractivity contribution in [3.05, 3.63) is 77.1 Å². The molecule has 9 heteroatoms. The summed E-state index contributed by atoms with van der Waals surface area (Å²) in [6.07, 6.45) is 3.06. The average molecular weight is 539 g/mol. The molecule has 0 spiro atoms. The van der Waals surface area contributed by atoms with Gasteiger partial charge in [-0.1, -0.05) is 63.6 Å². The van der Waals surface area contributed by atoms with E-state index >= 15 is 0 Å². The third-order valence-corrected chi connectivity index (χ3v) is 7.69. The predicted octanol–water partition coefficient (Wildman–Crippen LogP) is 4.52. The van der Waals surface area contributed by atoms with E-state index < -0.39 is 16.1 Å². The van der Waals surface area contributed by atoms with Gasteiger partial charge in [0, 0.05) is 49.9 Å². The molecule has 0 fully saturated rings. The lowest BCUT2D eigenvalue weighted by molar-refractivity contribution is -0.128. The molecule has 38 heavy (non-hydrogen) atoms. The van der Waals surface area contributed by atoms with Gasteiger partial charge < -0.3 is 10.2 Å². The lowest BCUT2D eigenvalue weighted by Gasteiger charge is -2.27. The first kappa shape index (κ1) is 29.1. The smallest absolute Gasteiger partial charge is 0.307 e. The van der Waals surface area contributed by atoms with Crippen LogP contribution in [0.15, 0.2) is 60.4 Å². The number of rotatable bonds is 10. The van der Waals surface area contributed by atoms with E-state index in [1.165, 1.54) is 24.3 Å². The van der Waals surface area contributed by atoms with Crippen LogP contribution in [0.25, 0.3) is 17.0 Å². The second kappa shape index (κ2) is 12.0. The van der Waals surface area contributed by atoms with E-state index in [0.29, 0.717) is 35.1 Å². The molecule has 0 atom stereocenters. The highest BCUT2D eigenvalue weighted by molar-refractivity contribution is 7.87. The molecule has 0 saturated carbocycles. The van der Waals surface area contributed by atoms with Crippen LogP contribution in [0.2, 0.25) is 0 Å². The fraction of sp³-hybridized carbons (Fsp3) is 0.379. The Hall–Kier alpha value is -3.43.